The molecule has 2 aromatic rings. The van der Waals surface area contributed by atoms with Crippen molar-refractivity contribution in [2.75, 3.05) is 6.54 Å². The van der Waals surface area contributed by atoms with Crippen LogP contribution >= 0.6 is 0 Å². The lowest BCUT2D eigenvalue weighted by atomic mass is 10.1. The summed E-state index contributed by atoms with van der Waals surface area (Å²) in [5.74, 6) is 1.53. The van der Waals surface area contributed by atoms with Crippen LogP contribution in [0.4, 0.5) is 0 Å². The number of ether oxygens (including phenoxy) is 1. The van der Waals surface area contributed by atoms with Gasteiger partial charge in [-0.05, 0) is 30.7 Å². The smallest absolute Gasteiger partial charge is 0.174 e. The lowest BCUT2D eigenvalue weighted by Gasteiger charge is -2.04. The summed E-state index contributed by atoms with van der Waals surface area (Å²) in [5, 5.41) is 3.60. The number of hydrogen-bond acceptors (Lipinski definition) is 4. The van der Waals surface area contributed by atoms with E-state index < -0.39 is 0 Å². The highest BCUT2D eigenvalue weighted by Crippen LogP contribution is 2.14. The highest BCUT2D eigenvalue weighted by Gasteiger charge is 1.99. The Morgan fingerprint density at radius 2 is 2.00 bits per heavy atom. The molecular formula is C12H14N2O2. The van der Waals surface area contributed by atoms with Gasteiger partial charge in [0.15, 0.2) is 5.76 Å². The van der Waals surface area contributed by atoms with Crippen LogP contribution in [0.2, 0.25) is 0 Å². The van der Waals surface area contributed by atoms with E-state index in [2.05, 4.69) is 5.16 Å². The lowest BCUT2D eigenvalue weighted by molar-refractivity contribution is 0.249. The Balaban J connectivity index is 1.90. The number of nitrogens with zero attached hydrogens (tertiary/aromatic N) is 1. The minimum atomic E-state index is 0.399. The van der Waals surface area contributed by atoms with Crippen molar-refractivity contribution in [3.63, 3.8) is 0 Å². The molecule has 1 aromatic carbocycles. The van der Waals surface area contributed by atoms with Crippen molar-refractivity contribution in [2.24, 2.45) is 5.73 Å². The molecule has 2 rings (SSSR count). The minimum absolute atomic E-state index is 0.399. The Morgan fingerprint density at radius 3 is 2.62 bits per heavy atom. The Morgan fingerprint density at radius 1 is 1.19 bits per heavy atom. The molecule has 1 aromatic heterocycles. The van der Waals surface area contributed by atoms with Crippen LogP contribution in [0, 0.1) is 0 Å². The van der Waals surface area contributed by atoms with Gasteiger partial charge in [0.2, 0.25) is 0 Å². The van der Waals surface area contributed by atoms with Gasteiger partial charge in [0, 0.05) is 6.07 Å². The number of benzene rings is 1. The van der Waals surface area contributed by atoms with Crippen LogP contribution in [-0.2, 0) is 13.0 Å². The maximum absolute atomic E-state index is 5.52. The number of hydrogen-bond donors (Lipinski definition) is 1. The van der Waals surface area contributed by atoms with Gasteiger partial charge in [0.05, 0.1) is 6.20 Å². The van der Waals surface area contributed by atoms with Crippen LogP contribution in [0.25, 0.3) is 0 Å². The Hall–Kier alpha value is -1.81. The zero-order valence-electron chi connectivity index (χ0n) is 8.93. The SMILES string of the molecule is NCCc1ccc(OCc2ccno2)cc1. The van der Waals surface area contributed by atoms with E-state index in [0.717, 1.165) is 12.2 Å². The molecule has 0 spiro atoms. The maximum atomic E-state index is 5.52. The summed E-state index contributed by atoms with van der Waals surface area (Å²) in [6, 6.07) is 9.68. The van der Waals surface area contributed by atoms with Gasteiger partial charge in [0.25, 0.3) is 0 Å². The van der Waals surface area contributed by atoms with Crippen molar-refractivity contribution >= 4 is 0 Å². The Labute approximate surface area is 94.0 Å². The molecule has 84 valence electrons. The van der Waals surface area contributed by atoms with E-state index in [9.17, 15) is 0 Å². The number of nitrogens with two attached hydrogens (primary N) is 1. The third-order valence-corrected chi connectivity index (χ3v) is 2.23. The van der Waals surface area contributed by atoms with E-state index >= 15 is 0 Å². The summed E-state index contributed by atoms with van der Waals surface area (Å²) in [4.78, 5) is 0. The predicted octanol–water partition coefficient (Wildman–Crippen LogP) is 1.75. The standard InChI is InChI=1S/C12H14N2O2/c13-7-5-10-1-3-11(4-2-10)15-9-12-6-8-14-16-12/h1-4,6,8H,5,7,9,13H2. The monoisotopic (exact) mass is 218 g/mol. The lowest BCUT2D eigenvalue weighted by Crippen LogP contribution is -2.02. The van der Waals surface area contributed by atoms with Crippen molar-refractivity contribution in [3.05, 3.63) is 47.9 Å². The molecule has 16 heavy (non-hydrogen) atoms. The summed E-state index contributed by atoms with van der Waals surface area (Å²) in [5.41, 5.74) is 6.69. The molecule has 0 amide bonds. The summed E-state index contributed by atoms with van der Waals surface area (Å²) < 4.78 is 10.4. The van der Waals surface area contributed by atoms with Crippen molar-refractivity contribution in [1.82, 2.24) is 5.16 Å². The van der Waals surface area contributed by atoms with E-state index in [1.165, 1.54) is 5.56 Å². The topological polar surface area (TPSA) is 61.3 Å². The zero-order valence-corrected chi connectivity index (χ0v) is 8.93. The van der Waals surface area contributed by atoms with E-state index in [1.807, 2.05) is 24.3 Å². The summed E-state index contributed by atoms with van der Waals surface area (Å²) in [7, 11) is 0. The highest BCUT2D eigenvalue weighted by molar-refractivity contribution is 5.27. The second-order valence-corrected chi connectivity index (χ2v) is 3.45. The summed E-state index contributed by atoms with van der Waals surface area (Å²) in [6.07, 6.45) is 2.49. The van der Waals surface area contributed by atoms with E-state index in [1.54, 1.807) is 12.3 Å². The fourth-order valence-corrected chi connectivity index (χ4v) is 1.39. The van der Waals surface area contributed by atoms with Crippen LogP contribution in [0.3, 0.4) is 0 Å². The van der Waals surface area contributed by atoms with Gasteiger partial charge in [-0.2, -0.15) is 0 Å². The van der Waals surface area contributed by atoms with Gasteiger partial charge in [-0.1, -0.05) is 17.3 Å². The largest absolute Gasteiger partial charge is 0.486 e. The molecule has 0 saturated heterocycles. The molecule has 0 aliphatic heterocycles. The average Bonchev–Trinajstić information content (AvgIpc) is 2.82. The Bertz CT molecular complexity index is 409. The van der Waals surface area contributed by atoms with E-state index in [0.29, 0.717) is 18.9 Å². The van der Waals surface area contributed by atoms with Gasteiger partial charge >= 0.3 is 0 Å². The van der Waals surface area contributed by atoms with Crippen LogP contribution in [-0.4, -0.2) is 11.7 Å². The normalized spacial score (nSPS) is 10.3. The van der Waals surface area contributed by atoms with Crippen LogP contribution in [0.5, 0.6) is 5.75 Å². The summed E-state index contributed by atoms with van der Waals surface area (Å²) >= 11 is 0. The second kappa shape index (κ2) is 5.32. The fourth-order valence-electron chi connectivity index (χ4n) is 1.39. The molecule has 0 bridgehead atoms. The minimum Gasteiger partial charge on any atom is -0.486 e. The van der Waals surface area contributed by atoms with E-state index in [-0.39, 0.29) is 0 Å². The molecule has 1 heterocycles. The first-order chi connectivity index (χ1) is 7.88. The Kier molecular flexibility index (Phi) is 3.56. The van der Waals surface area contributed by atoms with Gasteiger partial charge in [-0.25, -0.2) is 0 Å². The van der Waals surface area contributed by atoms with Crippen LogP contribution < -0.4 is 10.5 Å². The number of rotatable bonds is 5. The van der Waals surface area contributed by atoms with E-state index in [4.69, 9.17) is 15.0 Å². The van der Waals surface area contributed by atoms with Crippen LogP contribution in [0.15, 0.2) is 41.1 Å². The zero-order chi connectivity index (χ0) is 11.2. The predicted molar refractivity (Wildman–Crippen MR) is 60.0 cm³/mol. The van der Waals surface area contributed by atoms with Gasteiger partial charge in [-0.3, -0.25) is 0 Å². The highest BCUT2D eigenvalue weighted by atomic mass is 16.5. The van der Waals surface area contributed by atoms with Crippen molar-refractivity contribution in [3.8, 4) is 5.75 Å². The fraction of sp³-hybridized carbons (Fsp3) is 0.250. The molecule has 0 aliphatic rings. The molecule has 0 atom stereocenters. The third kappa shape index (κ3) is 2.84. The molecule has 2 N–H and O–H groups in total. The second-order valence-electron chi connectivity index (χ2n) is 3.45. The molecular weight excluding hydrogens is 204 g/mol. The maximum Gasteiger partial charge on any atom is 0.174 e. The van der Waals surface area contributed by atoms with Gasteiger partial charge in [-0.15, -0.1) is 0 Å². The van der Waals surface area contributed by atoms with Crippen molar-refractivity contribution in [1.29, 1.82) is 0 Å². The molecule has 4 heteroatoms. The number of aromatic nitrogens is 1. The molecule has 0 saturated carbocycles. The molecule has 0 radical (unpaired) electrons. The molecule has 4 nitrogen and oxygen atoms in total. The molecule has 0 fully saturated rings. The third-order valence-electron chi connectivity index (χ3n) is 2.23. The van der Waals surface area contributed by atoms with Gasteiger partial charge < -0.3 is 15.0 Å². The van der Waals surface area contributed by atoms with Gasteiger partial charge in [0.1, 0.15) is 12.4 Å². The summed E-state index contributed by atoms with van der Waals surface area (Å²) in [6.45, 7) is 1.06. The first-order valence-electron chi connectivity index (χ1n) is 5.20. The first kappa shape index (κ1) is 10.7. The molecule has 0 aliphatic carbocycles. The van der Waals surface area contributed by atoms with Crippen LogP contribution in [0.1, 0.15) is 11.3 Å². The first-order valence-corrected chi connectivity index (χ1v) is 5.20. The van der Waals surface area contributed by atoms with Crippen molar-refractivity contribution < 1.29 is 9.26 Å². The average molecular weight is 218 g/mol. The molecule has 0 unspecified atom stereocenters. The van der Waals surface area contributed by atoms with Crippen molar-refractivity contribution in [2.45, 2.75) is 13.0 Å². The quantitative estimate of drug-likeness (QED) is 0.830.